The van der Waals surface area contributed by atoms with Crippen molar-refractivity contribution in [3.05, 3.63) is 47.3 Å². The Hall–Kier alpha value is -2.63. The fourth-order valence-corrected chi connectivity index (χ4v) is 2.03. The molecule has 22 heavy (non-hydrogen) atoms. The van der Waals surface area contributed by atoms with E-state index in [-0.39, 0.29) is 23.5 Å². The fourth-order valence-electron chi connectivity index (χ4n) is 2.03. The maximum absolute atomic E-state index is 11.9. The number of amides is 1. The van der Waals surface area contributed by atoms with Crippen LogP contribution in [0.2, 0.25) is 0 Å². The number of nitrogens with one attached hydrogen (secondary N) is 1. The van der Waals surface area contributed by atoms with Crippen LogP contribution in [0.25, 0.3) is 0 Å². The molecular formula is C16H18N2O4. The molecule has 2 aromatic rings. The average molecular weight is 302 g/mol. The molecule has 1 N–H and O–H groups in total. The van der Waals surface area contributed by atoms with Gasteiger partial charge in [0.1, 0.15) is 5.76 Å². The Labute approximate surface area is 128 Å². The summed E-state index contributed by atoms with van der Waals surface area (Å²) in [6, 6.07) is 8.86. The third-order valence-electron chi connectivity index (χ3n) is 3.22. The van der Waals surface area contributed by atoms with Crippen molar-refractivity contribution in [2.45, 2.75) is 20.3 Å². The molecule has 6 heteroatoms. The summed E-state index contributed by atoms with van der Waals surface area (Å²) in [5.41, 5.74) is 1.88. The molecule has 0 aliphatic rings. The third kappa shape index (κ3) is 3.94. The van der Waals surface area contributed by atoms with Gasteiger partial charge in [0.2, 0.25) is 0 Å². The first kappa shape index (κ1) is 15.8. The minimum Gasteiger partial charge on any atom is -0.469 e. The van der Waals surface area contributed by atoms with Crippen molar-refractivity contribution < 1.29 is 18.8 Å². The summed E-state index contributed by atoms with van der Waals surface area (Å²) in [6.07, 6.45) is 0.587. The number of hydrogen-bond acceptors (Lipinski definition) is 5. The molecule has 116 valence electrons. The van der Waals surface area contributed by atoms with Crippen LogP contribution in [0, 0.1) is 12.8 Å². The Morgan fingerprint density at radius 2 is 2.00 bits per heavy atom. The van der Waals surface area contributed by atoms with E-state index in [0.29, 0.717) is 17.9 Å². The largest absolute Gasteiger partial charge is 0.469 e. The summed E-state index contributed by atoms with van der Waals surface area (Å²) in [7, 11) is 1.38. The number of anilines is 1. The Bertz CT molecular complexity index is 661. The van der Waals surface area contributed by atoms with Crippen LogP contribution in [0.15, 0.2) is 34.9 Å². The zero-order valence-corrected chi connectivity index (χ0v) is 12.8. The van der Waals surface area contributed by atoms with Gasteiger partial charge in [-0.2, -0.15) is 0 Å². The molecule has 0 spiro atoms. The SMILES string of the molecule is COC(=O)[C@H](C)Cc1ccc(NC(=O)c2cc(C)on2)cc1. The lowest BCUT2D eigenvalue weighted by Gasteiger charge is -2.09. The van der Waals surface area contributed by atoms with Crippen LogP contribution in [0.3, 0.4) is 0 Å². The number of hydrogen-bond donors (Lipinski definition) is 1. The minimum atomic E-state index is -0.326. The first-order valence-corrected chi connectivity index (χ1v) is 6.91. The summed E-state index contributed by atoms with van der Waals surface area (Å²) in [5, 5.41) is 6.39. The zero-order valence-electron chi connectivity index (χ0n) is 12.8. The van der Waals surface area contributed by atoms with E-state index >= 15 is 0 Å². The number of carbonyl (C=O) groups is 2. The Morgan fingerprint density at radius 1 is 1.32 bits per heavy atom. The molecule has 0 saturated heterocycles. The Kier molecular flexibility index (Phi) is 4.93. The van der Waals surface area contributed by atoms with Gasteiger partial charge in [-0.1, -0.05) is 24.2 Å². The molecule has 0 aliphatic carbocycles. The molecule has 1 heterocycles. The number of benzene rings is 1. The van der Waals surface area contributed by atoms with Crippen LogP contribution < -0.4 is 5.32 Å². The molecule has 0 radical (unpaired) electrons. The number of rotatable bonds is 5. The monoisotopic (exact) mass is 302 g/mol. The Balaban J connectivity index is 1.97. The molecule has 1 atom stereocenters. The summed E-state index contributed by atoms with van der Waals surface area (Å²) in [5.74, 6) is -0.188. The van der Waals surface area contributed by atoms with Gasteiger partial charge >= 0.3 is 5.97 Å². The standard InChI is InChI=1S/C16H18N2O4/c1-10(16(20)21-3)8-12-4-6-13(7-5-12)17-15(19)14-9-11(2)22-18-14/h4-7,9-10H,8H2,1-3H3,(H,17,19)/t10-/m1/s1. The molecule has 2 rings (SSSR count). The normalized spacial score (nSPS) is 11.8. The number of nitrogens with zero attached hydrogens (tertiary/aromatic N) is 1. The maximum atomic E-state index is 11.9. The second-order valence-corrected chi connectivity index (χ2v) is 5.10. The molecule has 6 nitrogen and oxygen atoms in total. The van der Waals surface area contributed by atoms with Crippen molar-refractivity contribution in [1.29, 1.82) is 0 Å². The molecule has 1 amide bonds. The van der Waals surface area contributed by atoms with Crippen molar-refractivity contribution in [1.82, 2.24) is 5.16 Å². The van der Waals surface area contributed by atoms with Crippen molar-refractivity contribution in [3.8, 4) is 0 Å². The number of methoxy groups -OCH3 is 1. The van der Waals surface area contributed by atoms with Gasteiger partial charge < -0.3 is 14.6 Å². The summed E-state index contributed by atoms with van der Waals surface area (Å²) in [4.78, 5) is 23.3. The fraction of sp³-hybridized carbons (Fsp3) is 0.312. The van der Waals surface area contributed by atoms with E-state index in [1.54, 1.807) is 25.1 Å². The van der Waals surface area contributed by atoms with Crippen molar-refractivity contribution in [3.63, 3.8) is 0 Å². The molecule has 0 aliphatic heterocycles. The first-order chi connectivity index (χ1) is 10.5. The molecular weight excluding hydrogens is 284 g/mol. The quantitative estimate of drug-likeness (QED) is 0.858. The smallest absolute Gasteiger partial charge is 0.308 e. The third-order valence-corrected chi connectivity index (χ3v) is 3.22. The van der Waals surface area contributed by atoms with Crippen LogP contribution in [-0.4, -0.2) is 24.1 Å². The van der Waals surface area contributed by atoms with E-state index < -0.39 is 0 Å². The number of aryl methyl sites for hydroxylation is 1. The van der Waals surface area contributed by atoms with Gasteiger partial charge in [-0.3, -0.25) is 9.59 Å². The number of carbonyl (C=O) groups excluding carboxylic acids is 2. The van der Waals surface area contributed by atoms with Gasteiger partial charge in [0.25, 0.3) is 5.91 Å². The van der Waals surface area contributed by atoms with E-state index in [4.69, 9.17) is 9.26 Å². The van der Waals surface area contributed by atoms with Gasteiger partial charge in [-0.25, -0.2) is 0 Å². The second-order valence-electron chi connectivity index (χ2n) is 5.10. The maximum Gasteiger partial charge on any atom is 0.308 e. The van der Waals surface area contributed by atoms with Gasteiger partial charge in [-0.15, -0.1) is 0 Å². The summed E-state index contributed by atoms with van der Waals surface area (Å²) in [6.45, 7) is 3.54. The molecule has 1 aromatic heterocycles. The number of ether oxygens (including phenoxy) is 1. The lowest BCUT2D eigenvalue weighted by atomic mass is 10.0. The van der Waals surface area contributed by atoms with Crippen molar-refractivity contribution in [2.24, 2.45) is 5.92 Å². The van der Waals surface area contributed by atoms with Crippen LogP contribution in [0.1, 0.15) is 28.7 Å². The van der Waals surface area contributed by atoms with Crippen molar-refractivity contribution >= 4 is 17.6 Å². The molecule has 0 fully saturated rings. The van der Waals surface area contributed by atoms with Crippen LogP contribution in [0.4, 0.5) is 5.69 Å². The van der Waals surface area contributed by atoms with Crippen LogP contribution >= 0.6 is 0 Å². The molecule has 0 bridgehead atoms. The van der Waals surface area contributed by atoms with E-state index in [2.05, 4.69) is 10.5 Å². The minimum absolute atomic E-state index is 0.205. The van der Waals surface area contributed by atoms with E-state index in [1.165, 1.54) is 7.11 Å². The number of aromatic nitrogens is 1. The highest BCUT2D eigenvalue weighted by Crippen LogP contribution is 2.15. The van der Waals surface area contributed by atoms with Crippen molar-refractivity contribution in [2.75, 3.05) is 12.4 Å². The highest BCUT2D eigenvalue weighted by atomic mass is 16.5. The van der Waals surface area contributed by atoms with Gasteiger partial charge in [0.15, 0.2) is 5.69 Å². The second kappa shape index (κ2) is 6.89. The van der Waals surface area contributed by atoms with Gasteiger partial charge in [0, 0.05) is 11.8 Å². The van der Waals surface area contributed by atoms with Crippen LogP contribution in [-0.2, 0) is 16.0 Å². The highest BCUT2D eigenvalue weighted by molar-refractivity contribution is 6.02. The summed E-state index contributed by atoms with van der Waals surface area (Å²) >= 11 is 0. The lowest BCUT2D eigenvalue weighted by Crippen LogP contribution is -2.15. The van der Waals surface area contributed by atoms with Gasteiger partial charge in [-0.05, 0) is 31.0 Å². The molecule has 0 unspecified atom stereocenters. The van der Waals surface area contributed by atoms with E-state index in [9.17, 15) is 9.59 Å². The average Bonchev–Trinajstić information content (AvgIpc) is 2.95. The van der Waals surface area contributed by atoms with E-state index in [1.807, 2.05) is 19.1 Å². The first-order valence-electron chi connectivity index (χ1n) is 6.91. The number of esters is 1. The predicted octanol–water partition coefficient (Wildman–Crippen LogP) is 2.59. The Morgan fingerprint density at radius 3 is 2.55 bits per heavy atom. The van der Waals surface area contributed by atoms with Gasteiger partial charge in [0.05, 0.1) is 13.0 Å². The topological polar surface area (TPSA) is 81.4 Å². The molecule has 0 saturated carbocycles. The zero-order chi connectivity index (χ0) is 16.1. The predicted molar refractivity (Wildman–Crippen MR) is 80.5 cm³/mol. The van der Waals surface area contributed by atoms with E-state index in [0.717, 1.165) is 5.56 Å². The van der Waals surface area contributed by atoms with Crippen LogP contribution in [0.5, 0.6) is 0 Å². The lowest BCUT2D eigenvalue weighted by molar-refractivity contribution is -0.144. The molecule has 1 aromatic carbocycles. The summed E-state index contributed by atoms with van der Waals surface area (Å²) < 4.78 is 9.56. The highest BCUT2D eigenvalue weighted by Gasteiger charge is 2.14.